The molecule has 0 saturated carbocycles. The first-order valence-electron chi connectivity index (χ1n) is 5.91. The van der Waals surface area contributed by atoms with Crippen molar-refractivity contribution in [2.24, 2.45) is 0 Å². The molecule has 0 aliphatic carbocycles. The number of hydrogen-bond acceptors (Lipinski definition) is 2. The standard InChI is InChI=1S/C15H14BrClO2/c1-10(18)12-5-6-15(14(17)8-12)19-9-11-3-2-4-13(16)7-11/h2-8,10,18H,9H2,1H3/t10-/m0/s1. The SMILES string of the molecule is C[C@H](O)c1ccc(OCc2cccc(Br)c2)c(Cl)c1. The van der Waals surface area contributed by atoms with Crippen molar-refractivity contribution >= 4 is 27.5 Å². The van der Waals surface area contributed by atoms with E-state index in [0.29, 0.717) is 17.4 Å². The Hall–Kier alpha value is -1.03. The van der Waals surface area contributed by atoms with E-state index < -0.39 is 6.10 Å². The summed E-state index contributed by atoms with van der Waals surface area (Å²) >= 11 is 9.54. The molecule has 0 unspecified atom stereocenters. The van der Waals surface area contributed by atoms with Crippen LogP contribution in [0.1, 0.15) is 24.2 Å². The molecule has 0 amide bonds. The summed E-state index contributed by atoms with van der Waals surface area (Å²) in [6.07, 6.45) is -0.531. The predicted molar refractivity (Wildman–Crippen MR) is 80.6 cm³/mol. The van der Waals surface area contributed by atoms with Crippen molar-refractivity contribution in [3.8, 4) is 5.75 Å². The fraction of sp³-hybridized carbons (Fsp3) is 0.200. The summed E-state index contributed by atoms with van der Waals surface area (Å²) < 4.78 is 6.70. The fourth-order valence-corrected chi connectivity index (χ4v) is 2.37. The third-order valence-electron chi connectivity index (χ3n) is 2.72. The van der Waals surface area contributed by atoms with Crippen molar-refractivity contribution in [3.63, 3.8) is 0 Å². The molecule has 0 aliphatic rings. The summed E-state index contributed by atoms with van der Waals surface area (Å²) in [4.78, 5) is 0. The van der Waals surface area contributed by atoms with Crippen molar-refractivity contribution in [1.82, 2.24) is 0 Å². The number of ether oxygens (including phenoxy) is 1. The van der Waals surface area contributed by atoms with Gasteiger partial charge in [0.15, 0.2) is 0 Å². The number of halogens is 2. The molecule has 100 valence electrons. The molecule has 0 saturated heterocycles. The fourth-order valence-electron chi connectivity index (χ4n) is 1.68. The van der Waals surface area contributed by atoms with Gasteiger partial charge >= 0.3 is 0 Å². The van der Waals surface area contributed by atoms with Crippen molar-refractivity contribution in [2.45, 2.75) is 19.6 Å². The zero-order chi connectivity index (χ0) is 13.8. The van der Waals surface area contributed by atoms with Gasteiger partial charge in [-0.05, 0) is 42.3 Å². The van der Waals surface area contributed by atoms with Gasteiger partial charge in [0.2, 0.25) is 0 Å². The van der Waals surface area contributed by atoms with E-state index in [0.717, 1.165) is 15.6 Å². The molecule has 0 fully saturated rings. The van der Waals surface area contributed by atoms with Gasteiger partial charge in [0, 0.05) is 4.47 Å². The van der Waals surface area contributed by atoms with Gasteiger partial charge in [0.05, 0.1) is 11.1 Å². The Balaban J connectivity index is 2.07. The van der Waals surface area contributed by atoms with E-state index in [1.54, 1.807) is 19.1 Å². The van der Waals surface area contributed by atoms with Gasteiger partial charge in [-0.15, -0.1) is 0 Å². The second-order valence-corrected chi connectivity index (χ2v) is 5.61. The molecule has 0 spiro atoms. The maximum atomic E-state index is 9.47. The summed E-state index contributed by atoms with van der Waals surface area (Å²) in [6.45, 7) is 2.15. The molecule has 19 heavy (non-hydrogen) atoms. The Labute approximate surface area is 126 Å². The van der Waals surface area contributed by atoms with E-state index in [-0.39, 0.29) is 0 Å². The van der Waals surface area contributed by atoms with Gasteiger partial charge in [0.1, 0.15) is 12.4 Å². The van der Waals surface area contributed by atoms with Crippen molar-refractivity contribution < 1.29 is 9.84 Å². The monoisotopic (exact) mass is 340 g/mol. The zero-order valence-corrected chi connectivity index (χ0v) is 12.8. The number of aliphatic hydroxyl groups is 1. The highest BCUT2D eigenvalue weighted by molar-refractivity contribution is 9.10. The molecule has 2 rings (SSSR count). The Morgan fingerprint density at radius 3 is 2.68 bits per heavy atom. The quantitative estimate of drug-likeness (QED) is 0.870. The average molecular weight is 342 g/mol. The topological polar surface area (TPSA) is 29.5 Å². The summed E-state index contributed by atoms with van der Waals surface area (Å²) in [7, 11) is 0. The van der Waals surface area contributed by atoms with E-state index in [1.165, 1.54) is 0 Å². The van der Waals surface area contributed by atoms with Crippen LogP contribution in [0, 0.1) is 0 Å². The maximum absolute atomic E-state index is 9.47. The van der Waals surface area contributed by atoms with Gasteiger partial charge in [-0.2, -0.15) is 0 Å². The summed E-state index contributed by atoms with van der Waals surface area (Å²) in [6, 6.07) is 13.2. The van der Waals surface area contributed by atoms with Crippen LogP contribution < -0.4 is 4.74 Å². The summed E-state index contributed by atoms with van der Waals surface area (Å²) in [5.41, 5.74) is 1.84. The smallest absolute Gasteiger partial charge is 0.138 e. The summed E-state index contributed by atoms with van der Waals surface area (Å²) in [5, 5.41) is 9.98. The van der Waals surface area contributed by atoms with Crippen molar-refractivity contribution in [2.75, 3.05) is 0 Å². The first-order valence-corrected chi connectivity index (χ1v) is 7.08. The minimum Gasteiger partial charge on any atom is -0.487 e. The Morgan fingerprint density at radius 2 is 2.05 bits per heavy atom. The number of aliphatic hydroxyl groups excluding tert-OH is 1. The van der Waals surface area contributed by atoms with Gasteiger partial charge in [-0.1, -0.05) is 45.7 Å². The second-order valence-electron chi connectivity index (χ2n) is 4.28. The predicted octanol–water partition coefficient (Wildman–Crippen LogP) is 4.73. The molecule has 0 aliphatic heterocycles. The molecule has 2 aromatic carbocycles. The molecule has 0 aromatic heterocycles. The lowest BCUT2D eigenvalue weighted by Gasteiger charge is -2.11. The van der Waals surface area contributed by atoms with Crippen LogP contribution in [0.4, 0.5) is 0 Å². The molecule has 0 bridgehead atoms. The van der Waals surface area contributed by atoms with E-state index in [4.69, 9.17) is 16.3 Å². The van der Waals surface area contributed by atoms with Crippen LogP contribution in [-0.2, 0) is 6.61 Å². The Kier molecular flexibility index (Phi) is 4.86. The largest absolute Gasteiger partial charge is 0.487 e. The molecular formula is C15H14BrClO2. The van der Waals surface area contributed by atoms with Gasteiger partial charge in [-0.25, -0.2) is 0 Å². The average Bonchev–Trinajstić information content (AvgIpc) is 2.37. The van der Waals surface area contributed by atoms with Crippen LogP contribution in [0.15, 0.2) is 46.9 Å². The van der Waals surface area contributed by atoms with Crippen molar-refractivity contribution in [3.05, 3.63) is 63.1 Å². The van der Waals surface area contributed by atoms with Crippen LogP contribution in [0.2, 0.25) is 5.02 Å². The lowest BCUT2D eigenvalue weighted by atomic mass is 10.1. The van der Waals surface area contributed by atoms with E-state index in [1.807, 2.05) is 30.3 Å². The zero-order valence-electron chi connectivity index (χ0n) is 10.4. The van der Waals surface area contributed by atoms with Crippen LogP contribution in [0.3, 0.4) is 0 Å². The Bertz CT molecular complexity index is 570. The second kappa shape index (κ2) is 6.42. The molecule has 2 aromatic rings. The van der Waals surface area contributed by atoms with Gasteiger partial charge in [-0.3, -0.25) is 0 Å². The van der Waals surface area contributed by atoms with Crippen molar-refractivity contribution in [1.29, 1.82) is 0 Å². The molecule has 1 N–H and O–H groups in total. The van der Waals surface area contributed by atoms with E-state index in [2.05, 4.69) is 15.9 Å². The molecule has 0 radical (unpaired) electrons. The third-order valence-corrected chi connectivity index (χ3v) is 3.51. The minimum absolute atomic E-state index is 0.452. The van der Waals surface area contributed by atoms with E-state index >= 15 is 0 Å². The number of benzene rings is 2. The maximum Gasteiger partial charge on any atom is 0.138 e. The normalized spacial score (nSPS) is 12.2. The highest BCUT2D eigenvalue weighted by atomic mass is 79.9. The van der Waals surface area contributed by atoms with Gasteiger partial charge < -0.3 is 9.84 Å². The number of hydrogen-bond donors (Lipinski definition) is 1. The minimum atomic E-state index is -0.531. The van der Waals surface area contributed by atoms with E-state index in [9.17, 15) is 5.11 Å². The molecular weight excluding hydrogens is 328 g/mol. The van der Waals surface area contributed by atoms with Crippen LogP contribution in [0.25, 0.3) is 0 Å². The molecule has 1 atom stereocenters. The van der Waals surface area contributed by atoms with Crippen LogP contribution in [0.5, 0.6) is 5.75 Å². The molecule has 0 heterocycles. The molecule has 2 nitrogen and oxygen atoms in total. The highest BCUT2D eigenvalue weighted by Crippen LogP contribution is 2.28. The lowest BCUT2D eigenvalue weighted by Crippen LogP contribution is -1.97. The lowest BCUT2D eigenvalue weighted by molar-refractivity contribution is 0.199. The highest BCUT2D eigenvalue weighted by Gasteiger charge is 2.07. The van der Waals surface area contributed by atoms with Crippen LogP contribution >= 0.6 is 27.5 Å². The third kappa shape index (κ3) is 3.96. The van der Waals surface area contributed by atoms with Gasteiger partial charge in [0.25, 0.3) is 0 Å². The Morgan fingerprint density at radius 1 is 1.26 bits per heavy atom. The first kappa shape index (κ1) is 14.4. The number of rotatable bonds is 4. The summed E-state index contributed by atoms with van der Waals surface area (Å²) in [5.74, 6) is 0.617. The first-order chi connectivity index (χ1) is 9.06. The molecule has 4 heteroatoms. The van der Waals surface area contributed by atoms with Crippen LogP contribution in [-0.4, -0.2) is 5.11 Å².